The number of likely N-dealkylation sites (tertiary alicyclic amines) is 1. The van der Waals surface area contributed by atoms with Gasteiger partial charge in [-0.1, -0.05) is 20.8 Å². The van der Waals surface area contributed by atoms with E-state index in [1.165, 1.54) is 18.4 Å². The number of carbonyl (C=O) groups excluding carboxylic acids is 1. The van der Waals surface area contributed by atoms with Gasteiger partial charge in [-0.05, 0) is 62.9 Å². The molecule has 3 rings (SSSR count). The molecule has 5 heteroatoms. The van der Waals surface area contributed by atoms with E-state index in [9.17, 15) is 4.79 Å². The maximum absolute atomic E-state index is 11.9. The summed E-state index contributed by atoms with van der Waals surface area (Å²) < 4.78 is 2.35. The molecular formula is C21H32N4O. The summed E-state index contributed by atoms with van der Waals surface area (Å²) in [6.45, 7) is 10.8. The molecule has 1 aromatic heterocycles. The van der Waals surface area contributed by atoms with Gasteiger partial charge >= 0.3 is 0 Å². The molecular weight excluding hydrogens is 324 g/mol. The molecule has 1 fully saturated rings. The molecule has 0 saturated carbocycles. The Morgan fingerprint density at radius 3 is 2.69 bits per heavy atom. The third-order valence-corrected chi connectivity index (χ3v) is 5.28. The van der Waals surface area contributed by atoms with E-state index in [1.54, 1.807) is 0 Å². The quantitative estimate of drug-likeness (QED) is 0.799. The number of nitrogens with zero attached hydrogens (tertiary/aromatic N) is 3. The number of amides is 1. The second-order valence-corrected chi connectivity index (χ2v) is 7.64. The first-order valence-corrected chi connectivity index (χ1v) is 10.1. The van der Waals surface area contributed by atoms with Crippen LogP contribution in [0.2, 0.25) is 0 Å². The molecule has 0 unspecified atom stereocenters. The van der Waals surface area contributed by atoms with Crippen LogP contribution < -0.4 is 5.32 Å². The molecule has 0 radical (unpaired) electrons. The monoisotopic (exact) mass is 356 g/mol. The van der Waals surface area contributed by atoms with Gasteiger partial charge in [0, 0.05) is 18.7 Å². The Morgan fingerprint density at radius 2 is 2.00 bits per heavy atom. The fourth-order valence-electron chi connectivity index (χ4n) is 3.72. The number of aromatic nitrogens is 2. The molecule has 1 amide bonds. The van der Waals surface area contributed by atoms with Crippen LogP contribution in [0.1, 0.15) is 58.7 Å². The van der Waals surface area contributed by atoms with E-state index < -0.39 is 0 Å². The summed E-state index contributed by atoms with van der Waals surface area (Å²) >= 11 is 0. The molecule has 5 nitrogen and oxygen atoms in total. The van der Waals surface area contributed by atoms with E-state index in [2.05, 4.69) is 34.7 Å². The second kappa shape index (κ2) is 8.67. The number of imidazole rings is 1. The lowest BCUT2D eigenvalue weighted by Crippen LogP contribution is -2.33. The maximum atomic E-state index is 11.9. The lowest BCUT2D eigenvalue weighted by atomic mass is 9.99. The van der Waals surface area contributed by atoms with Gasteiger partial charge in [0.15, 0.2) is 0 Å². The predicted molar refractivity (Wildman–Crippen MR) is 107 cm³/mol. The van der Waals surface area contributed by atoms with Gasteiger partial charge in [0.25, 0.3) is 0 Å². The van der Waals surface area contributed by atoms with Crippen molar-refractivity contribution in [3.63, 3.8) is 0 Å². The molecule has 142 valence electrons. The fraction of sp³-hybridized carbons (Fsp3) is 0.619. The van der Waals surface area contributed by atoms with E-state index in [0.717, 1.165) is 62.0 Å². The zero-order valence-corrected chi connectivity index (χ0v) is 16.4. The average Bonchev–Trinajstić information content (AvgIpc) is 2.94. The molecule has 0 bridgehead atoms. The van der Waals surface area contributed by atoms with Gasteiger partial charge < -0.3 is 9.88 Å². The Labute approximate surface area is 156 Å². The van der Waals surface area contributed by atoms with Crippen molar-refractivity contribution in [3.05, 3.63) is 24.0 Å². The van der Waals surface area contributed by atoms with Gasteiger partial charge in [-0.15, -0.1) is 0 Å². The predicted octanol–water partition coefficient (Wildman–Crippen LogP) is 4.42. The minimum Gasteiger partial charge on any atom is -0.327 e. The first-order chi connectivity index (χ1) is 12.6. The SMILES string of the molecule is CCCC(=O)Nc1ccc2c(c1)nc(CN1CCC(C)CC1)n2CCC. The molecule has 1 saturated heterocycles. The normalized spacial score (nSPS) is 16.3. The van der Waals surface area contributed by atoms with E-state index in [-0.39, 0.29) is 5.91 Å². The molecule has 1 N–H and O–H groups in total. The molecule has 26 heavy (non-hydrogen) atoms. The Kier molecular flexibility index (Phi) is 6.30. The lowest BCUT2D eigenvalue weighted by Gasteiger charge is -2.29. The van der Waals surface area contributed by atoms with E-state index in [0.29, 0.717) is 6.42 Å². The average molecular weight is 357 g/mol. The Balaban J connectivity index is 1.82. The van der Waals surface area contributed by atoms with Gasteiger partial charge in [-0.3, -0.25) is 9.69 Å². The number of rotatable bonds is 7. The molecule has 2 heterocycles. The Morgan fingerprint density at radius 1 is 1.23 bits per heavy atom. The molecule has 1 aromatic carbocycles. The van der Waals surface area contributed by atoms with Crippen molar-refractivity contribution in [2.45, 2.75) is 66.0 Å². The number of aryl methyl sites for hydroxylation is 1. The van der Waals surface area contributed by atoms with Crippen molar-refractivity contribution < 1.29 is 4.79 Å². The van der Waals surface area contributed by atoms with Crippen LogP contribution in [0.4, 0.5) is 5.69 Å². The van der Waals surface area contributed by atoms with Gasteiger partial charge in [0.1, 0.15) is 5.82 Å². The van der Waals surface area contributed by atoms with Crippen LogP contribution in [0.25, 0.3) is 11.0 Å². The van der Waals surface area contributed by atoms with E-state index >= 15 is 0 Å². The molecule has 0 atom stereocenters. The van der Waals surface area contributed by atoms with Crippen LogP contribution in [0.3, 0.4) is 0 Å². The van der Waals surface area contributed by atoms with Gasteiger partial charge in [0.2, 0.25) is 5.91 Å². The second-order valence-electron chi connectivity index (χ2n) is 7.64. The summed E-state index contributed by atoms with van der Waals surface area (Å²) in [5.74, 6) is 2.06. The van der Waals surface area contributed by atoms with Gasteiger partial charge in [0.05, 0.1) is 17.6 Å². The molecule has 0 aliphatic carbocycles. The molecule has 1 aliphatic heterocycles. The summed E-state index contributed by atoms with van der Waals surface area (Å²) in [5, 5.41) is 2.98. The fourth-order valence-corrected chi connectivity index (χ4v) is 3.72. The van der Waals surface area contributed by atoms with Crippen LogP contribution in [0.15, 0.2) is 18.2 Å². The number of hydrogen-bond donors (Lipinski definition) is 1. The van der Waals surface area contributed by atoms with Crippen molar-refractivity contribution in [3.8, 4) is 0 Å². The molecule has 2 aromatic rings. The number of fused-ring (bicyclic) bond motifs is 1. The van der Waals surface area contributed by atoms with Crippen molar-refractivity contribution in [2.75, 3.05) is 18.4 Å². The van der Waals surface area contributed by atoms with Crippen LogP contribution in [0.5, 0.6) is 0 Å². The smallest absolute Gasteiger partial charge is 0.224 e. The Hall–Kier alpha value is -1.88. The lowest BCUT2D eigenvalue weighted by molar-refractivity contribution is -0.116. The van der Waals surface area contributed by atoms with Crippen LogP contribution in [-0.2, 0) is 17.9 Å². The largest absolute Gasteiger partial charge is 0.327 e. The van der Waals surface area contributed by atoms with Crippen LogP contribution >= 0.6 is 0 Å². The van der Waals surface area contributed by atoms with Crippen molar-refractivity contribution in [1.82, 2.24) is 14.5 Å². The first-order valence-electron chi connectivity index (χ1n) is 10.1. The maximum Gasteiger partial charge on any atom is 0.224 e. The summed E-state index contributed by atoms with van der Waals surface area (Å²) in [6.07, 6.45) is 5.06. The standard InChI is InChI=1S/C21H32N4O/c1-4-6-21(26)22-17-7-8-19-18(14-17)23-20(25(19)11-5-2)15-24-12-9-16(3)10-13-24/h7-8,14,16H,4-6,9-13,15H2,1-3H3,(H,22,26). The highest BCUT2D eigenvalue weighted by molar-refractivity contribution is 5.93. The summed E-state index contributed by atoms with van der Waals surface area (Å²) in [7, 11) is 0. The first kappa shape index (κ1) is 18.9. The number of anilines is 1. The topological polar surface area (TPSA) is 50.2 Å². The zero-order chi connectivity index (χ0) is 18.5. The summed E-state index contributed by atoms with van der Waals surface area (Å²) in [4.78, 5) is 19.3. The minimum absolute atomic E-state index is 0.0718. The van der Waals surface area contributed by atoms with Crippen LogP contribution in [0, 0.1) is 5.92 Å². The van der Waals surface area contributed by atoms with Gasteiger partial charge in [-0.2, -0.15) is 0 Å². The van der Waals surface area contributed by atoms with Crippen molar-refractivity contribution >= 4 is 22.6 Å². The van der Waals surface area contributed by atoms with E-state index in [1.807, 2.05) is 19.1 Å². The van der Waals surface area contributed by atoms with Crippen molar-refractivity contribution in [1.29, 1.82) is 0 Å². The number of piperidine rings is 1. The third-order valence-electron chi connectivity index (χ3n) is 5.28. The third kappa shape index (κ3) is 4.44. The molecule has 1 aliphatic rings. The van der Waals surface area contributed by atoms with Crippen molar-refractivity contribution in [2.24, 2.45) is 5.92 Å². The minimum atomic E-state index is 0.0718. The highest BCUT2D eigenvalue weighted by atomic mass is 16.1. The van der Waals surface area contributed by atoms with E-state index in [4.69, 9.17) is 4.98 Å². The zero-order valence-electron chi connectivity index (χ0n) is 16.4. The highest BCUT2D eigenvalue weighted by Crippen LogP contribution is 2.24. The number of carbonyl (C=O) groups is 1. The van der Waals surface area contributed by atoms with Crippen LogP contribution in [-0.4, -0.2) is 33.4 Å². The molecule has 0 spiro atoms. The number of benzene rings is 1. The summed E-state index contributed by atoms with van der Waals surface area (Å²) in [5.41, 5.74) is 2.99. The highest BCUT2D eigenvalue weighted by Gasteiger charge is 2.19. The number of nitrogens with one attached hydrogen (secondary N) is 1. The van der Waals surface area contributed by atoms with Gasteiger partial charge in [-0.25, -0.2) is 4.98 Å². The number of hydrogen-bond acceptors (Lipinski definition) is 3. The Bertz CT molecular complexity index is 744. The summed E-state index contributed by atoms with van der Waals surface area (Å²) in [6, 6.07) is 6.11.